The van der Waals surface area contributed by atoms with Crippen molar-refractivity contribution in [3.05, 3.63) is 60.2 Å². The highest BCUT2D eigenvalue weighted by Gasteiger charge is 2.13. The zero-order valence-electron chi connectivity index (χ0n) is 11.8. The maximum atomic E-state index is 13.5. The summed E-state index contributed by atoms with van der Waals surface area (Å²) in [5, 5.41) is 3.89. The summed E-state index contributed by atoms with van der Waals surface area (Å²) in [5.74, 6) is 0.991. The summed E-state index contributed by atoms with van der Waals surface area (Å²) in [6.45, 7) is -0.0108. The number of ether oxygens (including phenoxy) is 2. The molecule has 0 aliphatic heterocycles. The van der Waals surface area contributed by atoms with Gasteiger partial charge in [-0.25, -0.2) is 4.39 Å². The standard InChI is InChI=1S/C16H13FN2O3/c1-20-13-8-4-2-6-11(13)16-18-15(22-19-16)10-21-14-9-5-3-7-12(14)17/h2-9H,10H2,1H3. The smallest absolute Gasteiger partial charge is 0.264 e. The van der Waals surface area contributed by atoms with E-state index in [9.17, 15) is 4.39 Å². The van der Waals surface area contributed by atoms with Gasteiger partial charge in [-0.05, 0) is 24.3 Å². The van der Waals surface area contributed by atoms with Crippen molar-refractivity contribution in [3.63, 3.8) is 0 Å². The van der Waals surface area contributed by atoms with Crippen LogP contribution in [0.4, 0.5) is 4.39 Å². The van der Waals surface area contributed by atoms with Gasteiger partial charge in [0.1, 0.15) is 5.75 Å². The van der Waals surface area contributed by atoms with Gasteiger partial charge >= 0.3 is 0 Å². The summed E-state index contributed by atoms with van der Waals surface area (Å²) in [5.41, 5.74) is 0.714. The number of nitrogens with zero attached hydrogens (tertiary/aromatic N) is 2. The molecule has 0 saturated carbocycles. The number of methoxy groups -OCH3 is 1. The number of benzene rings is 2. The molecule has 3 aromatic rings. The zero-order valence-corrected chi connectivity index (χ0v) is 11.8. The van der Waals surface area contributed by atoms with Crippen LogP contribution >= 0.6 is 0 Å². The molecule has 112 valence electrons. The average Bonchev–Trinajstić information content (AvgIpc) is 3.03. The summed E-state index contributed by atoms with van der Waals surface area (Å²) >= 11 is 0. The molecule has 1 aromatic heterocycles. The van der Waals surface area contributed by atoms with Crippen molar-refractivity contribution >= 4 is 0 Å². The molecule has 0 radical (unpaired) electrons. The predicted octanol–water partition coefficient (Wildman–Crippen LogP) is 3.46. The minimum atomic E-state index is -0.438. The van der Waals surface area contributed by atoms with Crippen LogP contribution in [0.2, 0.25) is 0 Å². The van der Waals surface area contributed by atoms with E-state index in [1.807, 2.05) is 18.2 Å². The Hall–Kier alpha value is -2.89. The van der Waals surface area contributed by atoms with Crippen molar-refractivity contribution in [3.8, 4) is 22.9 Å². The molecule has 0 atom stereocenters. The molecule has 0 aliphatic carbocycles. The molecule has 3 rings (SSSR count). The van der Waals surface area contributed by atoms with Gasteiger partial charge in [-0.1, -0.05) is 29.4 Å². The molecular formula is C16H13FN2O3. The Morgan fingerprint density at radius 2 is 1.77 bits per heavy atom. The molecule has 0 saturated heterocycles. The van der Waals surface area contributed by atoms with E-state index in [-0.39, 0.29) is 18.2 Å². The summed E-state index contributed by atoms with van der Waals surface area (Å²) < 4.78 is 29.1. The molecule has 6 heteroatoms. The maximum Gasteiger partial charge on any atom is 0.264 e. The van der Waals surface area contributed by atoms with Crippen LogP contribution in [-0.2, 0) is 6.61 Å². The van der Waals surface area contributed by atoms with E-state index in [1.165, 1.54) is 12.1 Å². The number of para-hydroxylation sites is 2. The third kappa shape index (κ3) is 2.90. The summed E-state index contributed by atoms with van der Waals surface area (Å²) in [7, 11) is 1.57. The Morgan fingerprint density at radius 3 is 2.55 bits per heavy atom. The first-order valence-electron chi connectivity index (χ1n) is 6.61. The summed E-state index contributed by atoms with van der Waals surface area (Å²) in [6, 6.07) is 13.5. The van der Waals surface area contributed by atoms with Crippen LogP contribution in [0.5, 0.6) is 11.5 Å². The van der Waals surface area contributed by atoms with Gasteiger partial charge in [-0.15, -0.1) is 0 Å². The summed E-state index contributed by atoms with van der Waals surface area (Å²) in [4.78, 5) is 4.23. The van der Waals surface area contributed by atoms with Gasteiger partial charge in [0.05, 0.1) is 12.7 Å². The van der Waals surface area contributed by atoms with E-state index in [2.05, 4.69) is 10.1 Å². The Morgan fingerprint density at radius 1 is 1.05 bits per heavy atom. The van der Waals surface area contributed by atoms with Gasteiger partial charge in [0.15, 0.2) is 18.2 Å². The van der Waals surface area contributed by atoms with Gasteiger partial charge < -0.3 is 14.0 Å². The van der Waals surface area contributed by atoms with E-state index < -0.39 is 5.82 Å². The Balaban J connectivity index is 1.75. The van der Waals surface area contributed by atoms with Crippen LogP contribution in [-0.4, -0.2) is 17.3 Å². The number of aromatic nitrogens is 2. The van der Waals surface area contributed by atoms with Crippen molar-refractivity contribution in [2.75, 3.05) is 7.11 Å². The Kier molecular flexibility index (Phi) is 4.00. The minimum Gasteiger partial charge on any atom is -0.496 e. The van der Waals surface area contributed by atoms with Gasteiger partial charge in [0.2, 0.25) is 5.82 Å². The molecule has 0 aliphatic rings. The summed E-state index contributed by atoms with van der Waals surface area (Å²) in [6.07, 6.45) is 0. The lowest BCUT2D eigenvalue weighted by Gasteiger charge is -2.03. The van der Waals surface area contributed by atoms with E-state index in [0.29, 0.717) is 17.1 Å². The second-order valence-corrected chi connectivity index (χ2v) is 4.43. The lowest BCUT2D eigenvalue weighted by Crippen LogP contribution is -1.97. The fourth-order valence-electron chi connectivity index (χ4n) is 1.95. The molecule has 0 bridgehead atoms. The van der Waals surface area contributed by atoms with Crippen molar-refractivity contribution < 1.29 is 18.4 Å². The highest BCUT2D eigenvalue weighted by Crippen LogP contribution is 2.27. The molecular weight excluding hydrogens is 287 g/mol. The van der Waals surface area contributed by atoms with Gasteiger partial charge in [0.25, 0.3) is 5.89 Å². The van der Waals surface area contributed by atoms with Crippen LogP contribution in [0.25, 0.3) is 11.4 Å². The van der Waals surface area contributed by atoms with Crippen LogP contribution in [0.15, 0.2) is 53.1 Å². The monoisotopic (exact) mass is 300 g/mol. The third-order valence-electron chi connectivity index (χ3n) is 3.00. The van der Waals surface area contributed by atoms with E-state index >= 15 is 0 Å². The van der Waals surface area contributed by atoms with E-state index in [4.69, 9.17) is 14.0 Å². The van der Waals surface area contributed by atoms with Crippen molar-refractivity contribution in [2.24, 2.45) is 0 Å². The molecule has 0 fully saturated rings. The Labute approximate surface area is 126 Å². The largest absolute Gasteiger partial charge is 0.496 e. The molecule has 0 unspecified atom stereocenters. The number of halogens is 1. The van der Waals surface area contributed by atoms with Crippen LogP contribution in [0, 0.1) is 5.82 Å². The fourth-order valence-corrected chi connectivity index (χ4v) is 1.95. The predicted molar refractivity (Wildman–Crippen MR) is 77.0 cm³/mol. The quantitative estimate of drug-likeness (QED) is 0.722. The van der Waals surface area contributed by atoms with Crippen LogP contribution < -0.4 is 9.47 Å². The van der Waals surface area contributed by atoms with E-state index in [1.54, 1.807) is 25.3 Å². The van der Waals surface area contributed by atoms with E-state index in [0.717, 1.165) is 0 Å². The normalized spacial score (nSPS) is 10.5. The molecule has 1 heterocycles. The van der Waals surface area contributed by atoms with Crippen molar-refractivity contribution in [2.45, 2.75) is 6.61 Å². The lowest BCUT2D eigenvalue weighted by atomic mass is 10.2. The molecule has 5 nitrogen and oxygen atoms in total. The van der Waals surface area contributed by atoms with Gasteiger partial charge in [-0.2, -0.15) is 4.98 Å². The number of hydrogen-bond acceptors (Lipinski definition) is 5. The van der Waals surface area contributed by atoms with Gasteiger partial charge in [0, 0.05) is 0 Å². The zero-order chi connectivity index (χ0) is 15.4. The van der Waals surface area contributed by atoms with Gasteiger partial charge in [-0.3, -0.25) is 0 Å². The first-order valence-corrected chi connectivity index (χ1v) is 6.61. The van der Waals surface area contributed by atoms with Crippen molar-refractivity contribution in [1.82, 2.24) is 10.1 Å². The SMILES string of the molecule is COc1ccccc1-c1noc(COc2ccccc2F)n1. The minimum absolute atomic E-state index is 0.0108. The first kappa shape index (κ1) is 14.1. The maximum absolute atomic E-state index is 13.5. The Bertz CT molecular complexity index is 773. The molecule has 0 N–H and O–H groups in total. The third-order valence-corrected chi connectivity index (χ3v) is 3.00. The van der Waals surface area contributed by atoms with Crippen LogP contribution in [0.1, 0.15) is 5.89 Å². The number of hydrogen-bond donors (Lipinski definition) is 0. The fraction of sp³-hybridized carbons (Fsp3) is 0.125. The lowest BCUT2D eigenvalue weighted by molar-refractivity contribution is 0.234. The molecule has 2 aromatic carbocycles. The topological polar surface area (TPSA) is 57.4 Å². The second-order valence-electron chi connectivity index (χ2n) is 4.43. The highest BCUT2D eigenvalue weighted by atomic mass is 19.1. The first-order chi connectivity index (χ1) is 10.8. The van der Waals surface area contributed by atoms with Crippen LogP contribution in [0.3, 0.4) is 0 Å². The molecule has 0 amide bonds. The molecule has 22 heavy (non-hydrogen) atoms. The average molecular weight is 300 g/mol. The second kappa shape index (κ2) is 6.26. The van der Waals surface area contributed by atoms with Crippen molar-refractivity contribution in [1.29, 1.82) is 0 Å². The molecule has 0 spiro atoms. The number of rotatable bonds is 5. The highest BCUT2D eigenvalue weighted by molar-refractivity contribution is 5.63.